The Morgan fingerprint density at radius 2 is 1.59 bits per heavy atom. The van der Waals surface area contributed by atoms with Crippen LogP contribution in [0.4, 0.5) is 11.4 Å². The Labute approximate surface area is 169 Å². The van der Waals surface area contributed by atoms with Crippen molar-refractivity contribution in [2.45, 2.75) is 0 Å². The number of benzene rings is 1. The minimum absolute atomic E-state index is 0.0144. The molecule has 0 saturated heterocycles. The highest BCUT2D eigenvalue weighted by Gasteiger charge is 2.13. The number of hydrogen-bond donors (Lipinski definition) is 3. The van der Waals surface area contributed by atoms with Gasteiger partial charge in [0.25, 0.3) is 17.4 Å². The molecule has 4 aromatic rings. The second-order valence-electron chi connectivity index (χ2n) is 6.06. The summed E-state index contributed by atoms with van der Waals surface area (Å²) in [7, 11) is 0. The van der Waals surface area contributed by atoms with Crippen LogP contribution in [0.5, 0.6) is 0 Å². The van der Waals surface area contributed by atoms with Gasteiger partial charge in [0.15, 0.2) is 5.76 Å². The molecule has 7 nitrogen and oxygen atoms in total. The van der Waals surface area contributed by atoms with Crippen molar-refractivity contribution in [2.75, 3.05) is 10.6 Å². The van der Waals surface area contributed by atoms with E-state index >= 15 is 0 Å². The first-order valence-electron chi connectivity index (χ1n) is 8.63. The van der Waals surface area contributed by atoms with Gasteiger partial charge in [-0.15, -0.1) is 11.3 Å². The maximum absolute atomic E-state index is 12.4. The summed E-state index contributed by atoms with van der Waals surface area (Å²) in [6.07, 6.45) is 1.42. The molecule has 2 amide bonds. The Bertz CT molecular complexity index is 1190. The SMILES string of the molecule is O=C(Nc1ccc(NC(=O)c2ccc(-c3cccs3)[nH]c2=O)cc1)c1ccco1. The van der Waals surface area contributed by atoms with E-state index in [-0.39, 0.29) is 17.2 Å². The summed E-state index contributed by atoms with van der Waals surface area (Å²) in [4.78, 5) is 40.3. The number of anilines is 2. The Balaban J connectivity index is 1.43. The molecular formula is C21H15N3O4S. The fraction of sp³-hybridized carbons (Fsp3) is 0. The lowest BCUT2D eigenvalue weighted by Crippen LogP contribution is -2.23. The fourth-order valence-electron chi connectivity index (χ4n) is 2.66. The maximum atomic E-state index is 12.4. The standard InChI is InChI=1S/C21H15N3O4S/c25-19(15-9-10-16(24-20(15)26)18-4-2-12-29-18)22-13-5-7-14(8-6-13)23-21(27)17-3-1-11-28-17/h1-12H,(H,22,25)(H,23,27)(H,24,26). The topological polar surface area (TPSA) is 104 Å². The van der Waals surface area contributed by atoms with Crippen LogP contribution in [-0.2, 0) is 0 Å². The molecule has 0 spiro atoms. The number of hydrogen-bond acceptors (Lipinski definition) is 5. The third-order valence-corrected chi connectivity index (χ3v) is 4.99. The molecule has 3 aromatic heterocycles. The number of carbonyl (C=O) groups excluding carboxylic acids is 2. The molecule has 0 unspecified atom stereocenters. The van der Waals surface area contributed by atoms with Crippen molar-refractivity contribution in [3.8, 4) is 10.6 Å². The largest absolute Gasteiger partial charge is 0.459 e. The minimum atomic E-state index is -0.517. The van der Waals surface area contributed by atoms with Gasteiger partial charge in [-0.1, -0.05) is 6.07 Å². The molecular weight excluding hydrogens is 390 g/mol. The quantitative estimate of drug-likeness (QED) is 0.463. The second kappa shape index (κ2) is 7.99. The first kappa shape index (κ1) is 18.5. The Hall–Kier alpha value is -3.91. The normalized spacial score (nSPS) is 10.5. The molecule has 0 aliphatic heterocycles. The molecule has 0 saturated carbocycles. The van der Waals surface area contributed by atoms with E-state index in [1.54, 1.807) is 42.5 Å². The summed E-state index contributed by atoms with van der Waals surface area (Å²) in [5, 5.41) is 7.27. The van der Waals surface area contributed by atoms with Gasteiger partial charge in [-0.3, -0.25) is 14.4 Å². The van der Waals surface area contributed by atoms with E-state index in [2.05, 4.69) is 15.6 Å². The van der Waals surface area contributed by atoms with Gasteiger partial charge < -0.3 is 20.0 Å². The molecule has 3 N–H and O–H groups in total. The molecule has 0 fully saturated rings. The van der Waals surface area contributed by atoms with E-state index < -0.39 is 11.5 Å². The number of aromatic amines is 1. The van der Waals surface area contributed by atoms with Crippen molar-refractivity contribution in [1.82, 2.24) is 4.98 Å². The minimum Gasteiger partial charge on any atom is -0.459 e. The van der Waals surface area contributed by atoms with E-state index in [1.807, 2.05) is 17.5 Å². The molecule has 0 bridgehead atoms. The van der Waals surface area contributed by atoms with Crippen LogP contribution in [0.1, 0.15) is 20.9 Å². The zero-order chi connectivity index (χ0) is 20.2. The van der Waals surface area contributed by atoms with Crippen LogP contribution in [0.15, 0.2) is 81.5 Å². The van der Waals surface area contributed by atoms with Gasteiger partial charge in [-0.25, -0.2) is 0 Å². The molecule has 0 aliphatic rings. The smallest absolute Gasteiger partial charge is 0.291 e. The monoisotopic (exact) mass is 405 g/mol. The zero-order valence-electron chi connectivity index (χ0n) is 15.0. The number of nitrogens with one attached hydrogen (secondary N) is 3. The van der Waals surface area contributed by atoms with Crippen LogP contribution in [-0.4, -0.2) is 16.8 Å². The van der Waals surface area contributed by atoms with E-state index in [0.717, 1.165) is 4.88 Å². The molecule has 0 aliphatic carbocycles. The van der Waals surface area contributed by atoms with E-state index in [1.165, 1.54) is 23.7 Å². The van der Waals surface area contributed by atoms with Gasteiger partial charge in [0.2, 0.25) is 0 Å². The highest BCUT2D eigenvalue weighted by Crippen LogP contribution is 2.21. The van der Waals surface area contributed by atoms with Crippen LogP contribution in [0, 0.1) is 0 Å². The van der Waals surface area contributed by atoms with Gasteiger partial charge >= 0.3 is 0 Å². The number of furan rings is 1. The fourth-order valence-corrected chi connectivity index (χ4v) is 3.37. The Morgan fingerprint density at radius 1 is 0.862 bits per heavy atom. The molecule has 29 heavy (non-hydrogen) atoms. The van der Waals surface area contributed by atoms with Gasteiger partial charge in [-0.2, -0.15) is 0 Å². The highest BCUT2D eigenvalue weighted by molar-refractivity contribution is 7.13. The summed E-state index contributed by atoms with van der Waals surface area (Å²) < 4.78 is 5.04. The van der Waals surface area contributed by atoms with Crippen molar-refractivity contribution < 1.29 is 14.0 Å². The van der Waals surface area contributed by atoms with Crippen LogP contribution >= 0.6 is 11.3 Å². The van der Waals surface area contributed by atoms with Crippen molar-refractivity contribution >= 4 is 34.5 Å². The van der Waals surface area contributed by atoms with Gasteiger partial charge in [0.05, 0.1) is 16.8 Å². The number of carbonyl (C=O) groups is 2. The molecule has 8 heteroatoms. The Morgan fingerprint density at radius 3 is 2.17 bits per heavy atom. The Kier molecular flexibility index (Phi) is 5.08. The first-order chi connectivity index (χ1) is 14.1. The number of H-pyrrole nitrogens is 1. The first-order valence-corrected chi connectivity index (χ1v) is 9.51. The molecule has 4 rings (SSSR count). The van der Waals surface area contributed by atoms with E-state index in [0.29, 0.717) is 17.1 Å². The summed E-state index contributed by atoms with van der Waals surface area (Å²) >= 11 is 1.50. The molecule has 0 radical (unpaired) electrons. The molecule has 0 atom stereocenters. The predicted molar refractivity (Wildman–Crippen MR) is 111 cm³/mol. The van der Waals surface area contributed by atoms with Crippen LogP contribution in [0.2, 0.25) is 0 Å². The van der Waals surface area contributed by atoms with Gasteiger partial charge in [-0.05, 0) is 60.0 Å². The average Bonchev–Trinajstić information content (AvgIpc) is 3.43. The molecule has 1 aromatic carbocycles. The van der Waals surface area contributed by atoms with Gasteiger partial charge in [0.1, 0.15) is 5.56 Å². The maximum Gasteiger partial charge on any atom is 0.291 e. The number of amides is 2. The number of rotatable bonds is 5. The number of thiophene rings is 1. The van der Waals surface area contributed by atoms with E-state index in [9.17, 15) is 14.4 Å². The predicted octanol–water partition coefficient (Wildman–Crippen LogP) is 4.20. The van der Waals surface area contributed by atoms with Crippen LogP contribution < -0.4 is 16.2 Å². The lowest BCUT2D eigenvalue weighted by molar-refractivity contribution is 0.0994. The number of pyridine rings is 1. The molecule has 3 heterocycles. The zero-order valence-corrected chi connectivity index (χ0v) is 15.8. The van der Waals surface area contributed by atoms with Gasteiger partial charge in [0, 0.05) is 11.4 Å². The van der Waals surface area contributed by atoms with Crippen molar-refractivity contribution in [1.29, 1.82) is 0 Å². The third kappa shape index (κ3) is 4.17. The summed E-state index contributed by atoms with van der Waals surface area (Å²) in [5.41, 5.74) is 1.25. The number of aromatic nitrogens is 1. The van der Waals surface area contributed by atoms with E-state index in [4.69, 9.17) is 4.42 Å². The summed E-state index contributed by atoms with van der Waals surface area (Å²) in [6, 6.07) is 16.7. The summed E-state index contributed by atoms with van der Waals surface area (Å²) in [6.45, 7) is 0. The van der Waals surface area contributed by atoms with Crippen LogP contribution in [0.25, 0.3) is 10.6 Å². The summed E-state index contributed by atoms with van der Waals surface area (Å²) in [5.74, 6) is -0.687. The highest BCUT2D eigenvalue weighted by atomic mass is 32.1. The average molecular weight is 405 g/mol. The van der Waals surface area contributed by atoms with Crippen LogP contribution in [0.3, 0.4) is 0 Å². The third-order valence-electron chi connectivity index (χ3n) is 4.09. The van der Waals surface area contributed by atoms with Crippen molar-refractivity contribution in [3.63, 3.8) is 0 Å². The van der Waals surface area contributed by atoms with Crippen molar-refractivity contribution in [3.05, 3.63) is 94.0 Å². The van der Waals surface area contributed by atoms with Crippen molar-refractivity contribution in [2.24, 2.45) is 0 Å². The molecule has 144 valence electrons. The lowest BCUT2D eigenvalue weighted by atomic mass is 10.2. The lowest BCUT2D eigenvalue weighted by Gasteiger charge is -2.07. The second-order valence-corrected chi connectivity index (χ2v) is 7.00.